The van der Waals surface area contributed by atoms with Crippen molar-refractivity contribution in [1.29, 1.82) is 0 Å². The van der Waals surface area contributed by atoms with Crippen molar-refractivity contribution in [3.05, 3.63) is 34.9 Å². The molecule has 0 bridgehead atoms. The van der Waals surface area contributed by atoms with Crippen molar-refractivity contribution in [3.8, 4) is 0 Å². The van der Waals surface area contributed by atoms with Crippen LogP contribution >= 0.6 is 0 Å². The van der Waals surface area contributed by atoms with Crippen molar-refractivity contribution >= 4 is 15.6 Å². The molecule has 20 heavy (non-hydrogen) atoms. The van der Waals surface area contributed by atoms with Crippen LogP contribution in [0, 0.1) is 13.8 Å². The topological polar surface area (TPSA) is 54.5 Å². The first-order valence-electron chi connectivity index (χ1n) is 6.86. The second-order valence-corrected chi connectivity index (χ2v) is 7.85. The lowest BCUT2D eigenvalue weighted by Crippen LogP contribution is -2.48. The molecule has 0 saturated carbocycles. The lowest BCUT2D eigenvalue weighted by molar-refractivity contribution is 0.0848. The van der Waals surface area contributed by atoms with Gasteiger partial charge in [0.1, 0.15) is 0 Å². The third kappa shape index (κ3) is 3.27. The normalized spacial score (nSPS) is 20.6. The number of sulfone groups is 1. The van der Waals surface area contributed by atoms with E-state index in [1.54, 1.807) is 0 Å². The molecule has 4 nitrogen and oxygen atoms in total. The second kappa shape index (κ2) is 5.66. The van der Waals surface area contributed by atoms with Crippen LogP contribution in [0.2, 0.25) is 0 Å². The number of rotatable bonds is 3. The van der Waals surface area contributed by atoms with Crippen LogP contribution in [0.1, 0.15) is 28.4 Å². The van der Waals surface area contributed by atoms with Crippen molar-refractivity contribution in [1.82, 2.24) is 4.90 Å². The number of nitrogens with zero attached hydrogens (tertiary/aromatic N) is 1. The van der Waals surface area contributed by atoms with E-state index in [9.17, 15) is 13.2 Å². The summed E-state index contributed by atoms with van der Waals surface area (Å²) in [4.78, 5) is 14.6. The fourth-order valence-electron chi connectivity index (χ4n) is 2.51. The van der Waals surface area contributed by atoms with Gasteiger partial charge >= 0.3 is 0 Å². The van der Waals surface area contributed by atoms with Gasteiger partial charge in [0.15, 0.2) is 15.6 Å². The van der Waals surface area contributed by atoms with Crippen LogP contribution in [0.25, 0.3) is 0 Å². The quantitative estimate of drug-likeness (QED) is 0.795. The Labute approximate surface area is 120 Å². The molecular weight excluding hydrogens is 274 g/mol. The first kappa shape index (κ1) is 15.2. The molecular formula is C15H21NO3S. The van der Waals surface area contributed by atoms with Gasteiger partial charge in [-0.05, 0) is 32.4 Å². The van der Waals surface area contributed by atoms with Gasteiger partial charge in [0, 0.05) is 18.7 Å². The Kier molecular flexibility index (Phi) is 4.30. The number of hydrogen-bond donors (Lipinski definition) is 0. The predicted molar refractivity (Wildman–Crippen MR) is 79.9 cm³/mol. The molecule has 1 atom stereocenters. The lowest BCUT2D eigenvalue weighted by Gasteiger charge is -2.31. The summed E-state index contributed by atoms with van der Waals surface area (Å²) in [6, 6.07) is 5.58. The van der Waals surface area contributed by atoms with E-state index in [4.69, 9.17) is 0 Å². The molecule has 1 heterocycles. The van der Waals surface area contributed by atoms with Crippen LogP contribution in [-0.2, 0) is 9.84 Å². The minimum Gasteiger partial charge on any atom is -0.292 e. The average molecular weight is 295 g/mol. The van der Waals surface area contributed by atoms with Crippen LogP contribution in [0.4, 0.5) is 0 Å². The summed E-state index contributed by atoms with van der Waals surface area (Å²) in [5, 5.41) is 0. The predicted octanol–water partition coefficient (Wildman–Crippen LogP) is 1.61. The number of carbonyl (C=O) groups is 1. The summed E-state index contributed by atoms with van der Waals surface area (Å²) < 4.78 is 22.9. The van der Waals surface area contributed by atoms with Gasteiger partial charge < -0.3 is 0 Å². The first-order chi connectivity index (χ1) is 9.30. The summed E-state index contributed by atoms with van der Waals surface area (Å²) in [6.07, 6.45) is 0. The number of ketones is 1. The molecule has 2 rings (SSSR count). The number of carbonyl (C=O) groups excluding carboxylic acids is 1. The Hall–Kier alpha value is -1.20. The number of hydrogen-bond acceptors (Lipinski definition) is 4. The highest BCUT2D eigenvalue weighted by Gasteiger charge is 2.29. The summed E-state index contributed by atoms with van der Waals surface area (Å²) in [6.45, 7) is 6.65. The van der Waals surface area contributed by atoms with Crippen LogP contribution in [0.5, 0.6) is 0 Å². The Morgan fingerprint density at radius 3 is 2.40 bits per heavy atom. The van der Waals surface area contributed by atoms with Gasteiger partial charge in [-0.1, -0.05) is 17.7 Å². The molecule has 1 aliphatic rings. The fourth-order valence-corrected chi connectivity index (χ4v) is 3.74. The molecule has 1 unspecified atom stereocenters. The zero-order valence-corrected chi connectivity index (χ0v) is 13.0. The standard InChI is InChI=1S/C15H21NO3S/c1-11-4-5-12(2)14(10-11)15(17)13(3)16-6-8-20(18,19)9-7-16/h4-5,10,13H,6-9H2,1-3H3. The Morgan fingerprint density at radius 1 is 1.20 bits per heavy atom. The Bertz CT molecular complexity index is 608. The highest BCUT2D eigenvalue weighted by molar-refractivity contribution is 7.91. The van der Waals surface area contributed by atoms with Crippen LogP contribution in [-0.4, -0.2) is 49.7 Å². The van der Waals surface area contributed by atoms with Gasteiger partial charge in [-0.2, -0.15) is 0 Å². The molecule has 1 saturated heterocycles. The summed E-state index contributed by atoms with van der Waals surface area (Å²) in [7, 11) is -2.91. The second-order valence-electron chi connectivity index (χ2n) is 5.55. The van der Waals surface area contributed by atoms with E-state index in [1.807, 2.05) is 43.9 Å². The van der Waals surface area contributed by atoms with Crippen LogP contribution < -0.4 is 0 Å². The Morgan fingerprint density at radius 2 is 1.80 bits per heavy atom. The molecule has 0 N–H and O–H groups in total. The molecule has 1 aliphatic heterocycles. The van der Waals surface area contributed by atoms with Gasteiger partial charge in [-0.3, -0.25) is 9.69 Å². The van der Waals surface area contributed by atoms with Crippen LogP contribution in [0.15, 0.2) is 18.2 Å². The maximum atomic E-state index is 12.6. The van der Waals surface area contributed by atoms with Crippen molar-refractivity contribution in [2.24, 2.45) is 0 Å². The van der Waals surface area contributed by atoms with Gasteiger partial charge in [-0.25, -0.2) is 8.42 Å². The number of aryl methyl sites for hydroxylation is 2. The molecule has 1 aromatic rings. The molecule has 1 aromatic carbocycles. The third-order valence-electron chi connectivity index (χ3n) is 3.96. The molecule has 0 aromatic heterocycles. The number of benzene rings is 1. The van der Waals surface area contributed by atoms with E-state index in [1.165, 1.54) is 0 Å². The SMILES string of the molecule is Cc1ccc(C)c(C(=O)C(C)N2CCS(=O)(=O)CC2)c1. The smallest absolute Gasteiger partial charge is 0.179 e. The molecule has 0 amide bonds. The maximum Gasteiger partial charge on any atom is 0.179 e. The third-order valence-corrected chi connectivity index (χ3v) is 5.57. The molecule has 1 fully saturated rings. The lowest BCUT2D eigenvalue weighted by atomic mass is 9.97. The van der Waals surface area contributed by atoms with E-state index in [0.29, 0.717) is 13.1 Å². The highest BCUT2D eigenvalue weighted by Crippen LogP contribution is 2.17. The molecule has 0 aliphatic carbocycles. The summed E-state index contributed by atoms with van der Waals surface area (Å²) >= 11 is 0. The van der Waals surface area contributed by atoms with E-state index in [0.717, 1.165) is 16.7 Å². The molecule has 0 radical (unpaired) electrons. The van der Waals surface area contributed by atoms with E-state index in [-0.39, 0.29) is 23.3 Å². The largest absolute Gasteiger partial charge is 0.292 e. The zero-order valence-electron chi connectivity index (χ0n) is 12.2. The number of Topliss-reactive ketones (excluding diaryl/α,β-unsaturated/α-hetero) is 1. The van der Waals surface area contributed by atoms with Gasteiger partial charge in [0.25, 0.3) is 0 Å². The molecule has 0 spiro atoms. The van der Waals surface area contributed by atoms with Gasteiger partial charge in [-0.15, -0.1) is 0 Å². The molecule has 5 heteroatoms. The monoisotopic (exact) mass is 295 g/mol. The van der Waals surface area contributed by atoms with E-state index >= 15 is 0 Å². The van der Waals surface area contributed by atoms with E-state index < -0.39 is 9.84 Å². The highest BCUT2D eigenvalue weighted by atomic mass is 32.2. The maximum absolute atomic E-state index is 12.6. The fraction of sp³-hybridized carbons (Fsp3) is 0.533. The Balaban J connectivity index is 2.15. The van der Waals surface area contributed by atoms with Crippen molar-refractivity contribution < 1.29 is 13.2 Å². The van der Waals surface area contributed by atoms with Gasteiger partial charge in [0.2, 0.25) is 0 Å². The van der Waals surface area contributed by atoms with Crippen molar-refractivity contribution in [2.45, 2.75) is 26.8 Å². The molecule has 110 valence electrons. The van der Waals surface area contributed by atoms with Crippen molar-refractivity contribution in [3.63, 3.8) is 0 Å². The van der Waals surface area contributed by atoms with Crippen LogP contribution in [0.3, 0.4) is 0 Å². The minimum absolute atomic E-state index is 0.0745. The average Bonchev–Trinajstić information content (AvgIpc) is 2.40. The van der Waals surface area contributed by atoms with Crippen molar-refractivity contribution in [2.75, 3.05) is 24.6 Å². The summed E-state index contributed by atoms with van der Waals surface area (Å²) in [5.74, 6) is 0.375. The zero-order chi connectivity index (χ0) is 14.9. The van der Waals surface area contributed by atoms with Gasteiger partial charge in [0.05, 0.1) is 17.5 Å². The summed E-state index contributed by atoms with van der Waals surface area (Å²) in [5.41, 5.74) is 2.77. The van der Waals surface area contributed by atoms with E-state index in [2.05, 4.69) is 0 Å². The minimum atomic E-state index is -2.91. The first-order valence-corrected chi connectivity index (χ1v) is 8.68.